The summed E-state index contributed by atoms with van der Waals surface area (Å²) in [7, 11) is 0. The van der Waals surface area contributed by atoms with Gasteiger partial charge in [-0.3, -0.25) is 4.79 Å². The Kier molecular flexibility index (Phi) is 6.94. The molecular weight excluding hydrogens is 467 g/mol. The number of hydrogen-bond donors (Lipinski definition) is 1. The summed E-state index contributed by atoms with van der Waals surface area (Å²) < 4.78 is 11.5. The van der Waals surface area contributed by atoms with Gasteiger partial charge in [0, 0.05) is 5.56 Å². The van der Waals surface area contributed by atoms with Gasteiger partial charge < -0.3 is 14.8 Å². The predicted octanol–water partition coefficient (Wildman–Crippen LogP) is 6.84. The SMILES string of the molecule is CCOc1ccc2ccc(OCC)c(/C=C3\SC(=Nc4ccc(Cl)c(Cl)c4)NC3=O)c2c1. The van der Waals surface area contributed by atoms with Gasteiger partial charge in [-0.25, -0.2) is 4.99 Å². The number of thioether (sulfide) groups is 1. The Morgan fingerprint density at radius 3 is 2.53 bits per heavy atom. The van der Waals surface area contributed by atoms with Gasteiger partial charge in [-0.2, -0.15) is 0 Å². The molecule has 3 aromatic rings. The van der Waals surface area contributed by atoms with E-state index < -0.39 is 0 Å². The van der Waals surface area contributed by atoms with Gasteiger partial charge in [-0.1, -0.05) is 35.3 Å². The maximum absolute atomic E-state index is 12.7. The molecule has 1 heterocycles. The fourth-order valence-corrected chi connectivity index (χ4v) is 4.39. The maximum Gasteiger partial charge on any atom is 0.264 e. The first-order valence-electron chi connectivity index (χ1n) is 10.1. The smallest absolute Gasteiger partial charge is 0.264 e. The minimum absolute atomic E-state index is 0.228. The number of amides is 1. The maximum atomic E-state index is 12.7. The van der Waals surface area contributed by atoms with Crippen molar-refractivity contribution in [1.82, 2.24) is 5.32 Å². The van der Waals surface area contributed by atoms with E-state index in [0.29, 0.717) is 44.8 Å². The average molecular weight is 487 g/mol. The van der Waals surface area contributed by atoms with Crippen LogP contribution in [0.4, 0.5) is 5.69 Å². The van der Waals surface area contributed by atoms with Gasteiger partial charge in [-0.15, -0.1) is 0 Å². The van der Waals surface area contributed by atoms with Crippen molar-refractivity contribution >= 4 is 68.6 Å². The lowest BCUT2D eigenvalue weighted by Gasteiger charge is -2.12. The number of rotatable bonds is 6. The number of halogens is 2. The highest BCUT2D eigenvalue weighted by atomic mass is 35.5. The molecule has 1 amide bonds. The Hall–Kier alpha value is -2.67. The molecule has 0 saturated carbocycles. The highest BCUT2D eigenvalue weighted by Crippen LogP contribution is 2.36. The molecule has 0 bridgehead atoms. The van der Waals surface area contributed by atoms with Crippen molar-refractivity contribution in [1.29, 1.82) is 0 Å². The zero-order valence-electron chi connectivity index (χ0n) is 17.4. The second-order valence-electron chi connectivity index (χ2n) is 6.81. The third-order valence-electron chi connectivity index (χ3n) is 4.67. The van der Waals surface area contributed by atoms with Gasteiger partial charge >= 0.3 is 0 Å². The van der Waals surface area contributed by atoms with Crippen LogP contribution in [0.1, 0.15) is 19.4 Å². The van der Waals surface area contributed by atoms with Crippen LogP contribution in [-0.2, 0) is 4.79 Å². The molecule has 1 saturated heterocycles. The molecule has 1 N–H and O–H groups in total. The van der Waals surface area contributed by atoms with Crippen molar-refractivity contribution in [2.75, 3.05) is 13.2 Å². The molecule has 1 aliphatic heterocycles. The Balaban J connectivity index is 1.74. The summed E-state index contributed by atoms with van der Waals surface area (Å²) in [5.74, 6) is 1.23. The number of carbonyl (C=O) groups is 1. The number of fused-ring (bicyclic) bond motifs is 1. The van der Waals surface area contributed by atoms with Crippen LogP contribution in [0, 0.1) is 0 Å². The molecule has 4 rings (SSSR count). The summed E-state index contributed by atoms with van der Waals surface area (Å²) in [5, 5.41) is 6.09. The fraction of sp³-hybridized carbons (Fsp3) is 0.167. The second kappa shape index (κ2) is 9.86. The van der Waals surface area contributed by atoms with Crippen molar-refractivity contribution in [2.24, 2.45) is 4.99 Å². The lowest BCUT2D eigenvalue weighted by Crippen LogP contribution is -2.19. The number of nitrogens with one attached hydrogen (secondary N) is 1. The molecule has 0 aliphatic carbocycles. The van der Waals surface area contributed by atoms with Crippen molar-refractivity contribution in [3.8, 4) is 11.5 Å². The van der Waals surface area contributed by atoms with E-state index in [0.717, 1.165) is 22.1 Å². The molecule has 1 aliphatic rings. The zero-order chi connectivity index (χ0) is 22.7. The van der Waals surface area contributed by atoms with Crippen LogP contribution in [0.15, 0.2) is 58.4 Å². The first-order valence-corrected chi connectivity index (χ1v) is 11.6. The van der Waals surface area contributed by atoms with E-state index in [2.05, 4.69) is 10.3 Å². The molecule has 32 heavy (non-hydrogen) atoms. The van der Waals surface area contributed by atoms with Crippen LogP contribution in [0.3, 0.4) is 0 Å². The van der Waals surface area contributed by atoms with Crippen LogP contribution in [-0.4, -0.2) is 24.3 Å². The van der Waals surface area contributed by atoms with Crippen molar-refractivity contribution in [2.45, 2.75) is 13.8 Å². The van der Waals surface area contributed by atoms with Crippen LogP contribution in [0.25, 0.3) is 16.8 Å². The average Bonchev–Trinajstić information content (AvgIpc) is 3.11. The lowest BCUT2D eigenvalue weighted by atomic mass is 10.0. The third-order valence-corrected chi connectivity index (χ3v) is 6.31. The monoisotopic (exact) mass is 486 g/mol. The van der Waals surface area contributed by atoms with E-state index in [1.54, 1.807) is 18.2 Å². The summed E-state index contributed by atoms with van der Waals surface area (Å²) in [4.78, 5) is 17.7. The van der Waals surface area contributed by atoms with Crippen molar-refractivity contribution in [3.63, 3.8) is 0 Å². The molecule has 0 spiro atoms. The Morgan fingerprint density at radius 1 is 1.00 bits per heavy atom. The minimum Gasteiger partial charge on any atom is -0.494 e. The normalized spacial score (nSPS) is 16.1. The summed E-state index contributed by atoms with van der Waals surface area (Å²) in [6.07, 6.45) is 1.83. The molecule has 5 nitrogen and oxygen atoms in total. The standard InChI is InChI=1S/C24H20Cl2N2O3S/c1-3-30-16-8-5-14-6-10-21(31-4-2)18(17(14)12-16)13-22-23(29)28-24(32-22)27-15-7-9-19(25)20(26)11-15/h5-13H,3-4H2,1-2H3,(H,27,28,29)/b22-13-. The van der Waals surface area contributed by atoms with Gasteiger partial charge in [0.1, 0.15) is 11.5 Å². The summed E-state index contributed by atoms with van der Waals surface area (Å²) in [6.45, 7) is 4.95. The number of hydrogen-bond acceptors (Lipinski definition) is 5. The number of nitrogens with zero attached hydrogens (tertiary/aromatic N) is 1. The largest absolute Gasteiger partial charge is 0.494 e. The Morgan fingerprint density at radius 2 is 1.78 bits per heavy atom. The first kappa shape index (κ1) is 22.5. The second-order valence-corrected chi connectivity index (χ2v) is 8.65. The molecule has 8 heteroatoms. The molecule has 0 aromatic heterocycles. The lowest BCUT2D eigenvalue weighted by molar-refractivity contribution is -0.115. The highest BCUT2D eigenvalue weighted by Gasteiger charge is 2.25. The van der Waals surface area contributed by atoms with E-state index >= 15 is 0 Å². The predicted molar refractivity (Wildman–Crippen MR) is 134 cm³/mol. The van der Waals surface area contributed by atoms with E-state index in [1.807, 2.05) is 50.3 Å². The number of ether oxygens (including phenoxy) is 2. The minimum atomic E-state index is -0.228. The molecule has 0 unspecified atom stereocenters. The summed E-state index contributed by atoms with van der Waals surface area (Å²) in [6, 6.07) is 14.9. The van der Waals surface area contributed by atoms with Gasteiger partial charge in [0.15, 0.2) is 5.17 Å². The van der Waals surface area contributed by atoms with Crippen LogP contribution in [0.5, 0.6) is 11.5 Å². The van der Waals surface area contributed by atoms with E-state index in [4.69, 9.17) is 32.7 Å². The topological polar surface area (TPSA) is 59.9 Å². The molecular formula is C24H20Cl2N2O3S. The molecule has 164 valence electrons. The van der Waals surface area contributed by atoms with E-state index in [9.17, 15) is 4.79 Å². The highest BCUT2D eigenvalue weighted by molar-refractivity contribution is 8.18. The van der Waals surface area contributed by atoms with Gasteiger partial charge in [0.05, 0.1) is 33.9 Å². The van der Waals surface area contributed by atoms with E-state index in [1.165, 1.54) is 11.8 Å². The summed E-state index contributed by atoms with van der Waals surface area (Å²) in [5.41, 5.74) is 1.42. The van der Waals surface area contributed by atoms with Gasteiger partial charge in [-0.05, 0) is 78.9 Å². The van der Waals surface area contributed by atoms with Crippen molar-refractivity contribution < 1.29 is 14.3 Å². The van der Waals surface area contributed by atoms with Gasteiger partial charge in [0.25, 0.3) is 5.91 Å². The number of benzene rings is 3. The Labute approximate surface area is 200 Å². The number of aliphatic imine (C=N–C) groups is 1. The van der Waals surface area contributed by atoms with Crippen LogP contribution in [0.2, 0.25) is 10.0 Å². The molecule has 1 fully saturated rings. The number of amidine groups is 1. The third kappa shape index (κ3) is 4.88. The van der Waals surface area contributed by atoms with Crippen molar-refractivity contribution in [3.05, 3.63) is 69.0 Å². The van der Waals surface area contributed by atoms with Crippen LogP contribution < -0.4 is 14.8 Å². The van der Waals surface area contributed by atoms with Gasteiger partial charge in [0.2, 0.25) is 0 Å². The number of carbonyl (C=O) groups excluding carboxylic acids is 1. The quantitative estimate of drug-likeness (QED) is 0.387. The molecule has 0 atom stereocenters. The molecule has 0 radical (unpaired) electrons. The van der Waals surface area contributed by atoms with Crippen LogP contribution >= 0.6 is 35.0 Å². The first-order chi connectivity index (χ1) is 15.5. The fourth-order valence-electron chi connectivity index (χ4n) is 3.27. The Bertz CT molecular complexity index is 1250. The molecule has 3 aromatic carbocycles. The zero-order valence-corrected chi connectivity index (χ0v) is 19.8. The summed E-state index contributed by atoms with van der Waals surface area (Å²) >= 11 is 13.3. The van der Waals surface area contributed by atoms with E-state index in [-0.39, 0.29) is 5.91 Å².